The molecule has 0 saturated carbocycles. The molecule has 5 nitrogen and oxygen atoms in total. The number of rotatable bonds is 5. The van der Waals surface area contributed by atoms with Gasteiger partial charge in [0.1, 0.15) is 0 Å². The van der Waals surface area contributed by atoms with Crippen molar-refractivity contribution in [2.75, 3.05) is 46.3 Å². The normalized spacial score (nSPS) is 16.7. The van der Waals surface area contributed by atoms with Gasteiger partial charge in [-0.25, -0.2) is 0 Å². The molecule has 1 aromatic heterocycles. The standard InChI is InChI=1S/C17H30ClN5S.HI/c1-17(2,3)21-8-7-20-16(19-4)23-11-9-22(10-12-23)13-14-5-6-15(18)24-14;/h5-6,21H,7-13H2,1-4H3,(H,19,20);1H. The number of aliphatic imine (C=N–C) groups is 1. The fourth-order valence-electron chi connectivity index (χ4n) is 2.72. The highest BCUT2D eigenvalue weighted by atomic mass is 127. The summed E-state index contributed by atoms with van der Waals surface area (Å²) in [6.07, 6.45) is 0. The predicted octanol–water partition coefficient (Wildman–Crippen LogP) is 3.10. The minimum atomic E-state index is 0. The Bertz CT molecular complexity index is 535. The van der Waals surface area contributed by atoms with Crippen LogP contribution in [0.2, 0.25) is 4.34 Å². The Kier molecular flexibility index (Phi) is 10.0. The molecule has 0 aromatic carbocycles. The molecule has 1 fully saturated rings. The first-order valence-corrected chi connectivity index (χ1v) is 9.74. The Labute approximate surface area is 178 Å². The smallest absolute Gasteiger partial charge is 0.193 e. The second-order valence-corrected chi connectivity index (χ2v) is 8.92. The Morgan fingerprint density at radius 3 is 2.40 bits per heavy atom. The van der Waals surface area contributed by atoms with Crippen molar-refractivity contribution in [1.82, 2.24) is 20.4 Å². The van der Waals surface area contributed by atoms with E-state index in [1.165, 1.54) is 4.88 Å². The SMILES string of the molecule is CN=C(NCCNC(C)(C)C)N1CCN(Cc2ccc(Cl)s2)CC1.I. The van der Waals surface area contributed by atoms with Crippen molar-refractivity contribution < 1.29 is 0 Å². The topological polar surface area (TPSA) is 42.9 Å². The molecule has 1 aliphatic rings. The van der Waals surface area contributed by atoms with Crippen LogP contribution in [-0.2, 0) is 6.54 Å². The van der Waals surface area contributed by atoms with E-state index in [-0.39, 0.29) is 29.5 Å². The van der Waals surface area contributed by atoms with Crippen LogP contribution in [0.4, 0.5) is 0 Å². The highest BCUT2D eigenvalue weighted by Crippen LogP contribution is 2.23. The molecule has 1 aliphatic heterocycles. The lowest BCUT2D eigenvalue weighted by atomic mass is 10.1. The van der Waals surface area contributed by atoms with E-state index in [4.69, 9.17) is 11.6 Å². The van der Waals surface area contributed by atoms with Gasteiger partial charge in [-0.1, -0.05) is 11.6 Å². The van der Waals surface area contributed by atoms with Gasteiger partial charge in [0.15, 0.2) is 5.96 Å². The minimum absolute atomic E-state index is 0. The third-order valence-corrected chi connectivity index (χ3v) is 5.17. The molecule has 0 radical (unpaired) electrons. The van der Waals surface area contributed by atoms with Gasteiger partial charge in [-0.15, -0.1) is 35.3 Å². The molecule has 8 heteroatoms. The highest BCUT2D eigenvalue weighted by Gasteiger charge is 2.20. The summed E-state index contributed by atoms with van der Waals surface area (Å²) in [4.78, 5) is 10.6. The summed E-state index contributed by atoms with van der Waals surface area (Å²) in [5.74, 6) is 1.00. The average Bonchev–Trinajstić information content (AvgIpc) is 2.92. The van der Waals surface area contributed by atoms with Crippen LogP contribution < -0.4 is 10.6 Å². The molecule has 0 bridgehead atoms. The van der Waals surface area contributed by atoms with E-state index >= 15 is 0 Å². The van der Waals surface area contributed by atoms with Crippen molar-refractivity contribution in [2.24, 2.45) is 4.99 Å². The molecule has 0 aliphatic carbocycles. The zero-order valence-corrected chi connectivity index (χ0v) is 19.5. The molecule has 0 spiro atoms. The van der Waals surface area contributed by atoms with Gasteiger partial charge >= 0.3 is 0 Å². The van der Waals surface area contributed by atoms with E-state index in [0.717, 1.165) is 56.1 Å². The van der Waals surface area contributed by atoms with Crippen LogP contribution in [0, 0.1) is 0 Å². The van der Waals surface area contributed by atoms with E-state index in [9.17, 15) is 0 Å². The maximum atomic E-state index is 6.01. The van der Waals surface area contributed by atoms with Gasteiger partial charge in [0.25, 0.3) is 0 Å². The van der Waals surface area contributed by atoms with Gasteiger partial charge < -0.3 is 15.5 Å². The first kappa shape index (κ1) is 23.0. The molecule has 1 aromatic rings. The van der Waals surface area contributed by atoms with E-state index in [2.05, 4.69) is 52.3 Å². The van der Waals surface area contributed by atoms with E-state index in [1.54, 1.807) is 11.3 Å². The summed E-state index contributed by atoms with van der Waals surface area (Å²) in [5, 5.41) is 6.95. The number of thiophene rings is 1. The first-order valence-electron chi connectivity index (χ1n) is 8.54. The molecule has 2 rings (SSSR count). The maximum Gasteiger partial charge on any atom is 0.193 e. The summed E-state index contributed by atoms with van der Waals surface area (Å²) in [5.41, 5.74) is 0.154. The third-order valence-electron chi connectivity index (χ3n) is 3.96. The molecule has 0 unspecified atom stereocenters. The number of nitrogens with one attached hydrogen (secondary N) is 2. The Hall–Kier alpha value is -0.0900. The molecule has 2 N–H and O–H groups in total. The third kappa shape index (κ3) is 8.43. The molecule has 0 amide bonds. The number of halogens is 2. The van der Waals surface area contributed by atoms with Gasteiger partial charge in [0.2, 0.25) is 0 Å². The number of nitrogens with zero attached hydrogens (tertiary/aromatic N) is 3. The maximum absolute atomic E-state index is 6.01. The number of piperazine rings is 1. The van der Waals surface area contributed by atoms with Crippen molar-refractivity contribution in [1.29, 1.82) is 0 Å². The van der Waals surface area contributed by atoms with Crippen LogP contribution in [0.3, 0.4) is 0 Å². The Morgan fingerprint density at radius 1 is 1.20 bits per heavy atom. The lowest BCUT2D eigenvalue weighted by Gasteiger charge is -2.36. The van der Waals surface area contributed by atoms with Gasteiger partial charge in [-0.05, 0) is 32.9 Å². The lowest BCUT2D eigenvalue weighted by molar-refractivity contribution is 0.173. The second kappa shape index (κ2) is 10.9. The minimum Gasteiger partial charge on any atom is -0.355 e. The van der Waals surface area contributed by atoms with Crippen molar-refractivity contribution in [2.45, 2.75) is 32.9 Å². The average molecular weight is 500 g/mol. The second-order valence-electron chi connectivity index (χ2n) is 7.12. The fraction of sp³-hybridized carbons (Fsp3) is 0.706. The summed E-state index contributed by atoms with van der Waals surface area (Å²) in [6, 6.07) is 4.11. The van der Waals surface area contributed by atoms with Crippen LogP contribution in [-0.4, -0.2) is 67.6 Å². The quantitative estimate of drug-likeness (QED) is 0.283. The van der Waals surface area contributed by atoms with Crippen LogP contribution in [0.15, 0.2) is 17.1 Å². The van der Waals surface area contributed by atoms with Crippen LogP contribution >= 0.6 is 46.9 Å². The van der Waals surface area contributed by atoms with Crippen LogP contribution in [0.5, 0.6) is 0 Å². The van der Waals surface area contributed by atoms with Crippen molar-refractivity contribution >= 4 is 52.9 Å². The lowest BCUT2D eigenvalue weighted by Crippen LogP contribution is -2.53. The summed E-state index contributed by atoms with van der Waals surface area (Å²) >= 11 is 7.69. The van der Waals surface area contributed by atoms with E-state index < -0.39 is 0 Å². The Morgan fingerprint density at radius 2 is 1.88 bits per heavy atom. The van der Waals surface area contributed by atoms with Gasteiger partial charge in [0.05, 0.1) is 4.34 Å². The summed E-state index contributed by atoms with van der Waals surface area (Å²) in [6.45, 7) is 13.5. The fourth-order valence-corrected chi connectivity index (χ4v) is 3.85. The summed E-state index contributed by atoms with van der Waals surface area (Å²) < 4.78 is 0.872. The predicted molar refractivity (Wildman–Crippen MR) is 121 cm³/mol. The molecule has 0 atom stereocenters. The first-order chi connectivity index (χ1) is 11.4. The van der Waals surface area contributed by atoms with Gasteiger partial charge in [-0.3, -0.25) is 9.89 Å². The summed E-state index contributed by atoms with van der Waals surface area (Å²) in [7, 11) is 1.86. The molecular weight excluding hydrogens is 469 g/mol. The number of hydrogen-bond donors (Lipinski definition) is 2. The van der Waals surface area contributed by atoms with Crippen molar-refractivity contribution in [3.63, 3.8) is 0 Å². The van der Waals surface area contributed by atoms with E-state index in [0.29, 0.717) is 0 Å². The monoisotopic (exact) mass is 499 g/mol. The Balaban J connectivity index is 0.00000312. The van der Waals surface area contributed by atoms with Crippen LogP contribution in [0.1, 0.15) is 25.6 Å². The zero-order chi connectivity index (χ0) is 17.6. The van der Waals surface area contributed by atoms with E-state index in [1.807, 2.05) is 13.1 Å². The molecule has 144 valence electrons. The molecular formula is C17H31ClIN5S. The van der Waals surface area contributed by atoms with Crippen LogP contribution in [0.25, 0.3) is 0 Å². The number of hydrogen-bond acceptors (Lipinski definition) is 4. The van der Waals surface area contributed by atoms with Crippen molar-refractivity contribution in [3.8, 4) is 0 Å². The zero-order valence-electron chi connectivity index (χ0n) is 15.6. The molecule has 2 heterocycles. The van der Waals surface area contributed by atoms with Crippen molar-refractivity contribution in [3.05, 3.63) is 21.3 Å². The van der Waals surface area contributed by atoms with Gasteiger partial charge in [0, 0.05) is 63.3 Å². The molecule has 1 saturated heterocycles. The highest BCUT2D eigenvalue weighted by molar-refractivity contribution is 14.0. The molecule has 25 heavy (non-hydrogen) atoms. The largest absolute Gasteiger partial charge is 0.355 e. The number of guanidine groups is 1. The van der Waals surface area contributed by atoms with Gasteiger partial charge in [-0.2, -0.15) is 0 Å².